The SMILES string of the molecule is C[C@H](NP(=O)(OC[C@@H]1C=C[C@H](n2cnc3c(NC4CC4)nc(N)nc32)C1)Oc1ccccc1)C(=O)OC(C)(C)C. The molecule has 0 bridgehead atoms. The minimum absolute atomic E-state index is 0.0512. The van der Waals surface area contributed by atoms with Gasteiger partial charge in [0.25, 0.3) is 0 Å². The minimum Gasteiger partial charge on any atom is -0.459 e. The summed E-state index contributed by atoms with van der Waals surface area (Å²) in [6.45, 7) is 6.97. The predicted octanol–water partition coefficient (Wildman–Crippen LogP) is 4.62. The fourth-order valence-electron chi connectivity index (χ4n) is 4.36. The van der Waals surface area contributed by atoms with Crippen LogP contribution < -0.4 is 20.7 Å². The quantitative estimate of drug-likeness (QED) is 0.168. The fraction of sp³-hybridized carbons (Fsp3) is 0.481. The molecule has 0 spiro atoms. The van der Waals surface area contributed by atoms with Gasteiger partial charge in [0, 0.05) is 12.0 Å². The number of benzene rings is 1. The Hall–Kier alpha value is -3.47. The molecule has 4 N–H and O–H groups in total. The van der Waals surface area contributed by atoms with Crippen molar-refractivity contribution in [2.24, 2.45) is 5.92 Å². The Morgan fingerprint density at radius 2 is 1.95 bits per heavy atom. The molecule has 1 aromatic carbocycles. The summed E-state index contributed by atoms with van der Waals surface area (Å²) in [4.78, 5) is 25.9. The molecule has 40 heavy (non-hydrogen) atoms. The van der Waals surface area contributed by atoms with Gasteiger partial charge in [-0.3, -0.25) is 9.32 Å². The van der Waals surface area contributed by atoms with Gasteiger partial charge in [0.2, 0.25) is 5.95 Å². The number of nitrogens with zero attached hydrogens (tertiary/aromatic N) is 4. The molecule has 2 heterocycles. The number of hydrogen-bond acceptors (Lipinski definition) is 10. The molecule has 0 amide bonds. The van der Waals surface area contributed by atoms with Crippen molar-refractivity contribution >= 4 is 36.6 Å². The lowest BCUT2D eigenvalue weighted by atomic mass is 10.1. The van der Waals surface area contributed by atoms with Gasteiger partial charge in [-0.2, -0.15) is 15.1 Å². The smallest absolute Gasteiger partial charge is 0.459 e. The second kappa shape index (κ2) is 11.2. The van der Waals surface area contributed by atoms with Crippen molar-refractivity contribution < 1.29 is 23.1 Å². The van der Waals surface area contributed by atoms with E-state index in [0.717, 1.165) is 12.8 Å². The molecule has 12 nitrogen and oxygen atoms in total. The third-order valence-corrected chi connectivity index (χ3v) is 8.05. The van der Waals surface area contributed by atoms with Crippen LogP contribution in [0.2, 0.25) is 0 Å². The van der Waals surface area contributed by atoms with Crippen LogP contribution in [0.1, 0.15) is 53.0 Å². The number of nitrogens with two attached hydrogens (primary N) is 1. The molecule has 2 aromatic heterocycles. The summed E-state index contributed by atoms with van der Waals surface area (Å²) < 4.78 is 32.9. The first-order chi connectivity index (χ1) is 19.0. The van der Waals surface area contributed by atoms with Gasteiger partial charge < -0.3 is 24.9 Å². The Balaban J connectivity index is 1.27. The molecule has 1 unspecified atom stereocenters. The molecule has 0 saturated heterocycles. The monoisotopic (exact) mass is 569 g/mol. The first kappa shape index (κ1) is 28.1. The lowest BCUT2D eigenvalue weighted by Crippen LogP contribution is -2.39. The fourth-order valence-corrected chi connectivity index (χ4v) is 5.91. The minimum atomic E-state index is -3.96. The number of nitrogen functional groups attached to an aromatic ring is 1. The number of para-hydroxylation sites is 1. The number of hydrogen-bond donors (Lipinski definition) is 3. The molecular weight excluding hydrogens is 533 g/mol. The van der Waals surface area contributed by atoms with Gasteiger partial charge in [-0.05, 0) is 59.1 Å². The van der Waals surface area contributed by atoms with Crippen LogP contribution >= 0.6 is 7.75 Å². The predicted molar refractivity (Wildman–Crippen MR) is 152 cm³/mol. The topological polar surface area (TPSA) is 156 Å². The molecule has 214 valence electrons. The standard InChI is InChI=1S/C27H36N7O5P/c1-17(25(35)38-27(2,3)4)33-40(36,39-21-8-6-5-7-9-21)37-15-18-10-13-20(14-18)34-16-29-22-23(30-19-11-12-19)31-26(28)32-24(22)34/h5-10,13,16-20H,11-12,14-15H2,1-4H3,(H,33,36)(H3,28,30,31,32)/t17-,18+,20-,40?/m0/s1. The molecule has 1 saturated carbocycles. The van der Waals surface area contributed by atoms with E-state index in [1.54, 1.807) is 58.3 Å². The maximum atomic E-state index is 13.8. The first-order valence-corrected chi connectivity index (χ1v) is 15.0. The summed E-state index contributed by atoms with van der Waals surface area (Å²) in [5, 5.41) is 6.12. The van der Waals surface area contributed by atoms with Gasteiger partial charge in [0.05, 0.1) is 19.0 Å². The summed E-state index contributed by atoms with van der Waals surface area (Å²) in [6, 6.07) is 8.11. The van der Waals surface area contributed by atoms with E-state index < -0.39 is 25.4 Å². The van der Waals surface area contributed by atoms with E-state index in [9.17, 15) is 9.36 Å². The number of ether oxygens (including phenoxy) is 1. The molecule has 0 aliphatic heterocycles. The highest BCUT2D eigenvalue weighted by Crippen LogP contribution is 2.46. The first-order valence-electron chi connectivity index (χ1n) is 13.4. The van der Waals surface area contributed by atoms with Crippen molar-refractivity contribution in [3.05, 3.63) is 48.8 Å². The lowest BCUT2D eigenvalue weighted by molar-refractivity contribution is -0.156. The number of allylic oxidation sites excluding steroid dienone is 1. The summed E-state index contributed by atoms with van der Waals surface area (Å²) in [5.74, 6) is 0.556. The highest BCUT2D eigenvalue weighted by atomic mass is 31.2. The summed E-state index contributed by atoms with van der Waals surface area (Å²) in [5.41, 5.74) is 6.64. The van der Waals surface area contributed by atoms with Crippen LogP contribution in [0.4, 0.5) is 11.8 Å². The van der Waals surface area contributed by atoms with E-state index in [1.165, 1.54) is 0 Å². The van der Waals surface area contributed by atoms with Crippen LogP contribution in [0, 0.1) is 5.92 Å². The summed E-state index contributed by atoms with van der Waals surface area (Å²) in [7, 11) is -3.96. The second-order valence-corrected chi connectivity index (χ2v) is 12.9. The molecule has 0 radical (unpaired) electrons. The highest BCUT2D eigenvalue weighted by Gasteiger charge is 2.35. The lowest BCUT2D eigenvalue weighted by Gasteiger charge is -2.26. The summed E-state index contributed by atoms with van der Waals surface area (Å²) in [6.07, 6.45) is 8.65. The van der Waals surface area contributed by atoms with E-state index >= 15 is 0 Å². The normalized spacial score (nSPS) is 21.2. The second-order valence-electron chi connectivity index (χ2n) is 11.2. The Labute approximate surface area is 233 Å². The zero-order valence-corrected chi connectivity index (χ0v) is 24.0. The maximum Gasteiger partial charge on any atom is 0.459 e. The number of aromatic nitrogens is 4. The molecule has 3 aromatic rings. The van der Waals surface area contributed by atoms with Crippen molar-refractivity contribution in [3.63, 3.8) is 0 Å². The van der Waals surface area contributed by atoms with Gasteiger partial charge in [0.1, 0.15) is 17.4 Å². The molecular formula is C27H36N7O5P. The Bertz CT molecular complexity index is 1430. The molecule has 13 heteroatoms. The average molecular weight is 570 g/mol. The molecule has 2 aliphatic rings. The number of esters is 1. The number of rotatable bonds is 11. The number of fused-ring (bicyclic) bond motifs is 1. The van der Waals surface area contributed by atoms with E-state index in [1.807, 2.05) is 22.8 Å². The van der Waals surface area contributed by atoms with Gasteiger partial charge >= 0.3 is 13.7 Å². The summed E-state index contributed by atoms with van der Waals surface area (Å²) >= 11 is 0. The van der Waals surface area contributed by atoms with E-state index in [4.69, 9.17) is 19.5 Å². The highest BCUT2D eigenvalue weighted by molar-refractivity contribution is 7.52. The molecule has 5 rings (SSSR count). The van der Waals surface area contributed by atoms with Crippen LogP contribution in [0.25, 0.3) is 11.2 Å². The maximum absolute atomic E-state index is 13.8. The Kier molecular flexibility index (Phi) is 7.85. The number of carbonyl (C=O) groups is 1. The molecule has 2 aliphatic carbocycles. The third kappa shape index (κ3) is 6.99. The van der Waals surface area contributed by atoms with Gasteiger partial charge in [0.15, 0.2) is 17.0 Å². The number of imidazole rings is 1. The van der Waals surface area contributed by atoms with Crippen LogP contribution in [0.3, 0.4) is 0 Å². The van der Waals surface area contributed by atoms with Crippen LogP contribution in [-0.2, 0) is 18.6 Å². The third-order valence-electron chi connectivity index (χ3n) is 6.40. The van der Waals surface area contributed by atoms with Gasteiger partial charge in [-0.25, -0.2) is 9.55 Å². The van der Waals surface area contributed by atoms with Crippen molar-refractivity contribution in [1.29, 1.82) is 0 Å². The molecule has 1 fully saturated rings. The number of nitrogens with one attached hydrogen (secondary N) is 2. The van der Waals surface area contributed by atoms with Crippen molar-refractivity contribution in [3.8, 4) is 5.75 Å². The van der Waals surface area contributed by atoms with E-state index in [-0.39, 0.29) is 24.5 Å². The van der Waals surface area contributed by atoms with Crippen LogP contribution in [0.15, 0.2) is 48.8 Å². The van der Waals surface area contributed by atoms with E-state index in [0.29, 0.717) is 35.2 Å². The largest absolute Gasteiger partial charge is 0.459 e. The van der Waals surface area contributed by atoms with E-state index in [2.05, 4.69) is 25.4 Å². The molecule has 4 atom stereocenters. The van der Waals surface area contributed by atoms with Gasteiger partial charge in [-0.1, -0.05) is 30.4 Å². The van der Waals surface area contributed by atoms with Crippen LogP contribution in [-0.4, -0.2) is 49.8 Å². The van der Waals surface area contributed by atoms with Crippen LogP contribution in [0.5, 0.6) is 5.75 Å². The zero-order chi connectivity index (χ0) is 28.5. The van der Waals surface area contributed by atoms with Crippen molar-refractivity contribution in [2.45, 2.75) is 70.7 Å². The average Bonchev–Trinajstić information content (AvgIpc) is 3.39. The van der Waals surface area contributed by atoms with Crippen molar-refractivity contribution in [2.75, 3.05) is 17.7 Å². The Morgan fingerprint density at radius 3 is 2.65 bits per heavy atom. The zero-order valence-electron chi connectivity index (χ0n) is 23.1. The van der Waals surface area contributed by atoms with Crippen molar-refractivity contribution in [1.82, 2.24) is 24.6 Å². The number of anilines is 2. The number of carbonyl (C=O) groups excluding carboxylic acids is 1. The van der Waals surface area contributed by atoms with Gasteiger partial charge in [-0.15, -0.1) is 0 Å². The Morgan fingerprint density at radius 1 is 1.20 bits per heavy atom.